The number of halogens is 3. The van der Waals surface area contributed by atoms with Gasteiger partial charge in [0.15, 0.2) is 5.69 Å². The van der Waals surface area contributed by atoms with E-state index in [1.807, 2.05) is 0 Å². The van der Waals surface area contributed by atoms with Crippen LogP contribution in [0.15, 0.2) is 24.5 Å². The zero-order valence-electron chi connectivity index (χ0n) is 8.92. The summed E-state index contributed by atoms with van der Waals surface area (Å²) in [5.41, 5.74) is -0.756. The SMILES string of the molecule is CC(=N)/C=C\[NH2+]C(=N)n1ccc(C(F)(F)F)n1. The van der Waals surface area contributed by atoms with Gasteiger partial charge in [-0.15, -0.1) is 0 Å². The number of hydrogen-bond acceptors (Lipinski definition) is 3. The lowest BCUT2D eigenvalue weighted by Crippen LogP contribution is -2.84. The Kier molecular flexibility index (Phi) is 3.79. The molecule has 0 bridgehead atoms. The largest absolute Gasteiger partial charge is 0.435 e. The van der Waals surface area contributed by atoms with E-state index in [9.17, 15) is 13.2 Å². The molecule has 0 atom stereocenters. The Labute approximate surface area is 95.0 Å². The van der Waals surface area contributed by atoms with Crippen molar-refractivity contribution in [3.63, 3.8) is 0 Å². The normalized spacial score (nSPS) is 12.0. The number of quaternary nitrogens is 1. The van der Waals surface area contributed by atoms with E-state index in [0.717, 1.165) is 16.9 Å². The van der Waals surface area contributed by atoms with Gasteiger partial charge in [0.1, 0.15) is 6.20 Å². The van der Waals surface area contributed by atoms with Crippen molar-refractivity contribution in [3.8, 4) is 0 Å². The molecule has 0 saturated carbocycles. The van der Waals surface area contributed by atoms with E-state index in [1.165, 1.54) is 17.6 Å². The van der Waals surface area contributed by atoms with Crippen LogP contribution in [0.4, 0.5) is 13.2 Å². The lowest BCUT2D eigenvalue weighted by Gasteiger charge is -2.00. The molecule has 0 saturated heterocycles. The highest BCUT2D eigenvalue weighted by molar-refractivity contribution is 5.89. The lowest BCUT2D eigenvalue weighted by molar-refractivity contribution is -0.468. The summed E-state index contributed by atoms with van der Waals surface area (Å²) >= 11 is 0. The molecule has 8 heteroatoms. The standard InChI is InChI=1S/C9H10F3N5/c1-6(13)2-4-15-8(14)17-5-3-7(16-17)9(10,11)12/h2-5,13H,1H3,(H2,14,15)/p+1/b4-2-,13-6?. The molecule has 0 spiro atoms. The fourth-order valence-corrected chi connectivity index (χ4v) is 0.969. The van der Waals surface area contributed by atoms with Crippen LogP contribution in [0.2, 0.25) is 0 Å². The van der Waals surface area contributed by atoms with E-state index in [4.69, 9.17) is 10.8 Å². The minimum Gasteiger partial charge on any atom is -0.305 e. The lowest BCUT2D eigenvalue weighted by atomic mass is 10.4. The summed E-state index contributed by atoms with van der Waals surface area (Å²) in [6, 6.07) is 0.800. The Morgan fingerprint density at radius 2 is 2.12 bits per heavy atom. The van der Waals surface area contributed by atoms with Gasteiger partial charge in [0.2, 0.25) is 0 Å². The van der Waals surface area contributed by atoms with Crippen molar-refractivity contribution in [1.82, 2.24) is 9.78 Å². The van der Waals surface area contributed by atoms with Gasteiger partial charge < -0.3 is 5.41 Å². The molecule has 0 aliphatic heterocycles. The maximum absolute atomic E-state index is 12.2. The maximum atomic E-state index is 12.2. The number of nitrogens with two attached hydrogens (primary N) is 1. The van der Waals surface area contributed by atoms with Crippen LogP contribution in [0, 0.1) is 10.8 Å². The van der Waals surface area contributed by atoms with Crippen LogP contribution in [0.1, 0.15) is 12.6 Å². The van der Waals surface area contributed by atoms with Gasteiger partial charge in [-0.2, -0.15) is 23.0 Å². The Balaban J connectivity index is 2.71. The molecular formula is C9H11F3N5+. The molecule has 0 aliphatic rings. The third-order valence-electron chi connectivity index (χ3n) is 1.73. The molecule has 0 amide bonds. The number of nitrogens with one attached hydrogen (secondary N) is 2. The zero-order chi connectivity index (χ0) is 13.1. The van der Waals surface area contributed by atoms with E-state index < -0.39 is 11.9 Å². The number of hydrogen-bond donors (Lipinski definition) is 3. The van der Waals surface area contributed by atoms with Crippen molar-refractivity contribution in [2.45, 2.75) is 13.1 Å². The summed E-state index contributed by atoms with van der Waals surface area (Å²) < 4.78 is 37.5. The summed E-state index contributed by atoms with van der Waals surface area (Å²) in [6.07, 6.45) is -0.623. The first-order valence-electron chi connectivity index (χ1n) is 4.59. The molecule has 17 heavy (non-hydrogen) atoms. The highest BCUT2D eigenvalue weighted by Gasteiger charge is 2.34. The van der Waals surface area contributed by atoms with E-state index >= 15 is 0 Å². The first kappa shape index (κ1) is 13.1. The van der Waals surface area contributed by atoms with Gasteiger partial charge in [-0.1, -0.05) is 0 Å². The van der Waals surface area contributed by atoms with Gasteiger partial charge >= 0.3 is 12.1 Å². The summed E-state index contributed by atoms with van der Waals surface area (Å²) in [5, 5.41) is 19.0. The summed E-state index contributed by atoms with van der Waals surface area (Å²) in [7, 11) is 0. The molecule has 0 radical (unpaired) electrons. The predicted octanol–water partition coefficient (Wildman–Crippen LogP) is 0.802. The predicted molar refractivity (Wildman–Crippen MR) is 54.8 cm³/mol. The van der Waals surface area contributed by atoms with E-state index in [1.54, 1.807) is 6.92 Å². The smallest absolute Gasteiger partial charge is 0.305 e. The summed E-state index contributed by atoms with van der Waals surface area (Å²) in [5.74, 6) is -0.210. The van der Waals surface area contributed by atoms with Crippen LogP contribution in [0.25, 0.3) is 0 Å². The molecule has 1 aromatic rings. The second kappa shape index (κ2) is 4.91. The number of nitrogen functional groups attached to an aromatic ring is 1. The molecule has 1 aromatic heterocycles. The second-order valence-corrected chi connectivity index (χ2v) is 3.24. The molecule has 0 aliphatic carbocycles. The second-order valence-electron chi connectivity index (χ2n) is 3.24. The van der Waals surface area contributed by atoms with Gasteiger partial charge in [0.05, 0.1) is 0 Å². The van der Waals surface area contributed by atoms with Gasteiger partial charge in [-0.05, 0) is 13.0 Å². The van der Waals surface area contributed by atoms with Crippen LogP contribution in [-0.2, 0) is 6.18 Å². The van der Waals surface area contributed by atoms with Crippen molar-refractivity contribution < 1.29 is 18.5 Å². The molecule has 5 nitrogen and oxygen atoms in total. The van der Waals surface area contributed by atoms with Crippen LogP contribution < -0.4 is 5.32 Å². The minimum absolute atomic E-state index is 0.210. The third kappa shape index (κ3) is 3.83. The average Bonchev–Trinajstić information content (AvgIpc) is 2.64. The van der Waals surface area contributed by atoms with Gasteiger partial charge in [-0.3, -0.25) is 5.32 Å². The molecule has 0 aromatic carbocycles. The van der Waals surface area contributed by atoms with E-state index in [2.05, 4.69) is 5.10 Å². The van der Waals surface area contributed by atoms with Crippen LogP contribution in [0.3, 0.4) is 0 Å². The highest BCUT2D eigenvalue weighted by Crippen LogP contribution is 2.26. The molecule has 4 N–H and O–H groups in total. The quantitative estimate of drug-likeness (QED) is 0.523. The highest BCUT2D eigenvalue weighted by atomic mass is 19.4. The summed E-state index contributed by atoms with van der Waals surface area (Å²) in [4.78, 5) is 0. The monoisotopic (exact) mass is 246 g/mol. The number of alkyl halides is 3. The van der Waals surface area contributed by atoms with Gasteiger partial charge in [-0.25, -0.2) is 5.41 Å². The van der Waals surface area contributed by atoms with Crippen molar-refractivity contribution in [3.05, 3.63) is 30.2 Å². The number of rotatable bonds is 2. The van der Waals surface area contributed by atoms with E-state index in [0.29, 0.717) is 0 Å². The van der Waals surface area contributed by atoms with Gasteiger partial charge in [0.25, 0.3) is 0 Å². The Bertz CT molecular complexity index is 457. The van der Waals surface area contributed by atoms with Crippen LogP contribution >= 0.6 is 0 Å². The molecular weight excluding hydrogens is 235 g/mol. The van der Waals surface area contributed by atoms with Crippen molar-refractivity contribution in [2.75, 3.05) is 0 Å². The molecule has 1 heterocycles. The Morgan fingerprint density at radius 3 is 2.59 bits per heavy atom. The first-order chi connectivity index (χ1) is 7.80. The molecule has 92 valence electrons. The molecule has 0 fully saturated rings. The van der Waals surface area contributed by atoms with Crippen LogP contribution in [-0.4, -0.2) is 21.5 Å². The number of allylic oxidation sites excluding steroid dienone is 1. The minimum atomic E-state index is -4.51. The fraction of sp³-hybridized carbons (Fsp3) is 0.222. The van der Waals surface area contributed by atoms with Crippen molar-refractivity contribution >= 4 is 11.7 Å². The average molecular weight is 246 g/mol. The maximum Gasteiger partial charge on any atom is 0.435 e. The Morgan fingerprint density at radius 1 is 1.47 bits per heavy atom. The van der Waals surface area contributed by atoms with Crippen molar-refractivity contribution in [1.29, 1.82) is 10.8 Å². The number of nitrogens with zero attached hydrogens (tertiary/aromatic N) is 2. The van der Waals surface area contributed by atoms with Gasteiger partial charge in [0, 0.05) is 18.0 Å². The van der Waals surface area contributed by atoms with E-state index in [-0.39, 0.29) is 11.7 Å². The molecule has 1 rings (SSSR count). The third-order valence-corrected chi connectivity index (χ3v) is 1.73. The summed E-state index contributed by atoms with van der Waals surface area (Å²) in [6.45, 7) is 1.55. The van der Waals surface area contributed by atoms with Crippen LogP contribution in [0.5, 0.6) is 0 Å². The number of aromatic nitrogens is 2. The Hall–Kier alpha value is -1.96. The topological polar surface area (TPSA) is 82.1 Å². The fourth-order valence-electron chi connectivity index (χ4n) is 0.969. The zero-order valence-corrected chi connectivity index (χ0v) is 8.92. The molecule has 0 unspecified atom stereocenters. The van der Waals surface area contributed by atoms with Crippen molar-refractivity contribution in [2.24, 2.45) is 0 Å². The first-order valence-corrected chi connectivity index (χ1v) is 4.59.